The third-order valence-electron chi connectivity index (χ3n) is 3.74. The van der Waals surface area contributed by atoms with E-state index in [0.717, 1.165) is 18.2 Å². The molecule has 1 aliphatic rings. The fourth-order valence-electron chi connectivity index (χ4n) is 2.62. The second kappa shape index (κ2) is 5.52. The first-order valence-electron chi connectivity index (χ1n) is 6.67. The fraction of sp³-hybridized carbons (Fsp3) is 0.692. The lowest BCUT2D eigenvalue weighted by atomic mass is 9.76. The van der Waals surface area contributed by atoms with Gasteiger partial charge < -0.3 is 10.7 Å². The smallest absolute Gasteiger partial charge is 0.145 e. The summed E-state index contributed by atoms with van der Waals surface area (Å²) in [7, 11) is 0. The fourth-order valence-corrected chi connectivity index (χ4v) is 2.62. The summed E-state index contributed by atoms with van der Waals surface area (Å²) in [6.07, 6.45) is 6.66. The van der Waals surface area contributed by atoms with Crippen LogP contribution in [0.1, 0.15) is 44.9 Å². The van der Waals surface area contributed by atoms with Gasteiger partial charge in [0.2, 0.25) is 0 Å². The van der Waals surface area contributed by atoms with Crippen LogP contribution in [0, 0.1) is 12.3 Å². The van der Waals surface area contributed by atoms with Crippen LogP contribution >= 0.6 is 0 Å². The molecule has 0 atom stereocenters. The largest absolute Gasteiger partial charge is 0.369 e. The molecule has 1 aromatic rings. The summed E-state index contributed by atoms with van der Waals surface area (Å²) in [5, 5.41) is 3.42. The Morgan fingerprint density at radius 1 is 1.22 bits per heavy atom. The maximum absolute atomic E-state index is 5.38. The van der Waals surface area contributed by atoms with E-state index in [1.807, 2.05) is 13.0 Å². The number of nitrogens with zero attached hydrogens (tertiary/aromatic N) is 2. The topological polar surface area (TPSA) is 75.9 Å². The molecule has 1 saturated carbocycles. The zero-order valence-corrected chi connectivity index (χ0v) is 11.3. The van der Waals surface area contributed by atoms with E-state index < -0.39 is 0 Å². The maximum atomic E-state index is 5.38. The number of rotatable bonds is 4. The molecule has 0 bridgehead atoms. The van der Waals surface area contributed by atoms with Crippen molar-refractivity contribution in [1.29, 1.82) is 0 Å². The van der Waals surface area contributed by atoms with Crippen LogP contribution < -0.4 is 16.6 Å². The number of aromatic nitrogens is 2. The lowest BCUT2D eigenvalue weighted by Gasteiger charge is -2.33. The Labute approximate surface area is 109 Å². The van der Waals surface area contributed by atoms with Crippen molar-refractivity contribution in [3.05, 3.63) is 11.9 Å². The summed E-state index contributed by atoms with van der Waals surface area (Å²) in [6, 6.07) is 1.85. The zero-order valence-electron chi connectivity index (χ0n) is 11.3. The number of hydrogen-bond donors (Lipinski definition) is 3. The highest BCUT2D eigenvalue weighted by atomic mass is 15.3. The van der Waals surface area contributed by atoms with Crippen LogP contribution in [0.15, 0.2) is 6.07 Å². The van der Waals surface area contributed by atoms with E-state index in [-0.39, 0.29) is 0 Å². The van der Waals surface area contributed by atoms with Gasteiger partial charge in [-0.3, -0.25) is 0 Å². The van der Waals surface area contributed by atoms with E-state index in [9.17, 15) is 0 Å². The molecule has 0 aromatic carbocycles. The predicted molar refractivity (Wildman–Crippen MR) is 74.3 cm³/mol. The zero-order chi connectivity index (χ0) is 13.0. The molecule has 5 heteroatoms. The highest BCUT2D eigenvalue weighted by Gasteiger charge is 2.26. The molecule has 0 amide bonds. The number of hydrogen-bond acceptors (Lipinski definition) is 5. The lowest BCUT2D eigenvalue weighted by molar-refractivity contribution is 0.233. The van der Waals surface area contributed by atoms with Crippen LogP contribution in [0.3, 0.4) is 0 Å². The van der Waals surface area contributed by atoms with Gasteiger partial charge in [0.1, 0.15) is 17.5 Å². The molecule has 5 nitrogen and oxygen atoms in total. The summed E-state index contributed by atoms with van der Waals surface area (Å²) in [5.41, 5.74) is 2.96. The first kappa shape index (κ1) is 13.1. The SMILES string of the molecule is Cc1nc(NN)cc(NCC2(C)CCCCC2)n1. The van der Waals surface area contributed by atoms with Gasteiger partial charge in [-0.25, -0.2) is 15.8 Å². The van der Waals surface area contributed by atoms with E-state index in [0.29, 0.717) is 11.2 Å². The van der Waals surface area contributed by atoms with E-state index in [1.54, 1.807) is 0 Å². The molecule has 18 heavy (non-hydrogen) atoms. The number of nitrogen functional groups attached to an aromatic ring is 1. The molecule has 0 spiro atoms. The van der Waals surface area contributed by atoms with Gasteiger partial charge in [-0.1, -0.05) is 26.2 Å². The molecule has 1 aliphatic carbocycles. The number of nitrogens with two attached hydrogens (primary N) is 1. The highest BCUT2D eigenvalue weighted by Crippen LogP contribution is 2.35. The minimum absolute atomic E-state index is 0.396. The van der Waals surface area contributed by atoms with Crippen molar-refractivity contribution in [2.75, 3.05) is 17.3 Å². The highest BCUT2D eigenvalue weighted by molar-refractivity contribution is 5.46. The van der Waals surface area contributed by atoms with Gasteiger partial charge in [0.25, 0.3) is 0 Å². The molecule has 4 N–H and O–H groups in total. The Bertz CT molecular complexity index is 398. The van der Waals surface area contributed by atoms with Crippen molar-refractivity contribution >= 4 is 11.6 Å². The van der Waals surface area contributed by atoms with Crippen LogP contribution in [0.4, 0.5) is 11.6 Å². The molecule has 1 fully saturated rings. The van der Waals surface area contributed by atoms with Crippen LogP contribution in [0.25, 0.3) is 0 Å². The van der Waals surface area contributed by atoms with Crippen molar-refractivity contribution in [2.24, 2.45) is 11.3 Å². The Morgan fingerprint density at radius 2 is 1.89 bits per heavy atom. The van der Waals surface area contributed by atoms with Crippen LogP contribution in [0.2, 0.25) is 0 Å². The Hall–Kier alpha value is -1.36. The van der Waals surface area contributed by atoms with E-state index in [1.165, 1.54) is 32.1 Å². The first-order chi connectivity index (χ1) is 8.61. The number of anilines is 2. The van der Waals surface area contributed by atoms with Gasteiger partial charge in [0.15, 0.2) is 0 Å². The molecular weight excluding hydrogens is 226 g/mol. The van der Waals surface area contributed by atoms with Crippen LogP contribution in [-0.2, 0) is 0 Å². The number of aryl methyl sites for hydroxylation is 1. The molecule has 100 valence electrons. The third kappa shape index (κ3) is 3.32. The summed E-state index contributed by atoms with van der Waals surface area (Å²) in [6.45, 7) is 5.19. The summed E-state index contributed by atoms with van der Waals surface area (Å²) < 4.78 is 0. The Balaban J connectivity index is 1.98. The molecule has 0 radical (unpaired) electrons. The van der Waals surface area contributed by atoms with E-state index >= 15 is 0 Å². The quantitative estimate of drug-likeness (QED) is 0.564. The third-order valence-corrected chi connectivity index (χ3v) is 3.74. The number of nitrogens with one attached hydrogen (secondary N) is 2. The molecule has 1 heterocycles. The van der Waals surface area contributed by atoms with Gasteiger partial charge in [0.05, 0.1) is 0 Å². The normalized spacial score (nSPS) is 18.4. The van der Waals surface area contributed by atoms with Gasteiger partial charge in [-0.15, -0.1) is 0 Å². The second-order valence-electron chi connectivity index (χ2n) is 5.55. The Morgan fingerprint density at radius 3 is 2.56 bits per heavy atom. The van der Waals surface area contributed by atoms with Crippen molar-refractivity contribution in [2.45, 2.75) is 46.0 Å². The molecule has 1 aromatic heterocycles. The first-order valence-corrected chi connectivity index (χ1v) is 6.67. The van der Waals surface area contributed by atoms with Gasteiger partial charge in [-0.05, 0) is 25.2 Å². The second-order valence-corrected chi connectivity index (χ2v) is 5.55. The summed E-state index contributed by atoms with van der Waals surface area (Å²) in [4.78, 5) is 8.56. The van der Waals surface area contributed by atoms with Crippen molar-refractivity contribution in [1.82, 2.24) is 9.97 Å². The Kier molecular flexibility index (Phi) is 4.01. The van der Waals surface area contributed by atoms with Crippen molar-refractivity contribution < 1.29 is 0 Å². The minimum Gasteiger partial charge on any atom is -0.369 e. The average Bonchev–Trinajstić information content (AvgIpc) is 2.37. The summed E-state index contributed by atoms with van der Waals surface area (Å²) in [5.74, 6) is 7.61. The summed E-state index contributed by atoms with van der Waals surface area (Å²) >= 11 is 0. The molecule has 0 unspecified atom stereocenters. The van der Waals surface area contributed by atoms with E-state index in [2.05, 4.69) is 27.6 Å². The molecular formula is C13H23N5. The van der Waals surface area contributed by atoms with Crippen LogP contribution in [0.5, 0.6) is 0 Å². The monoisotopic (exact) mass is 249 g/mol. The lowest BCUT2D eigenvalue weighted by Crippen LogP contribution is -2.29. The minimum atomic E-state index is 0.396. The van der Waals surface area contributed by atoms with Crippen molar-refractivity contribution in [3.63, 3.8) is 0 Å². The van der Waals surface area contributed by atoms with Crippen LogP contribution in [-0.4, -0.2) is 16.5 Å². The maximum Gasteiger partial charge on any atom is 0.145 e. The van der Waals surface area contributed by atoms with Gasteiger partial charge in [0, 0.05) is 12.6 Å². The molecule has 2 rings (SSSR count). The van der Waals surface area contributed by atoms with E-state index in [4.69, 9.17) is 5.84 Å². The van der Waals surface area contributed by atoms with Crippen molar-refractivity contribution in [3.8, 4) is 0 Å². The molecule has 0 saturated heterocycles. The van der Waals surface area contributed by atoms with Gasteiger partial charge in [-0.2, -0.15) is 0 Å². The average molecular weight is 249 g/mol. The predicted octanol–water partition coefficient (Wildman–Crippen LogP) is 2.45. The number of hydrazine groups is 1. The standard InChI is InChI=1S/C13H23N5/c1-10-16-11(8-12(17-10)18-14)15-9-13(2)6-4-3-5-7-13/h8H,3-7,9,14H2,1-2H3,(H2,15,16,17,18). The molecule has 0 aliphatic heterocycles. The van der Waals surface area contributed by atoms with Gasteiger partial charge >= 0.3 is 0 Å².